The molecule has 8 heteroatoms. The Labute approximate surface area is 164 Å². The topological polar surface area (TPSA) is 122 Å². The smallest absolute Gasteiger partial charge is 0.231 e. The van der Waals surface area contributed by atoms with Crippen molar-refractivity contribution in [3.63, 3.8) is 0 Å². The summed E-state index contributed by atoms with van der Waals surface area (Å²) in [5.74, 6) is -0.611. The number of fused-ring (bicyclic) bond motifs is 2. The molecule has 0 unspecified atom stereocenters. The molecule has 0 saturated heterocycles. The lowest BCUT2D eigenvalue weighted by Crippen LogP contribution is -2.27. The molecule has 2 aromatic carbocycles. The van der Waals surface area contributed by atoms with Gasteiger partial charge >= 0.3 is 0 Å². The number of carbonyl (C=O) groups excluding carboxylic acids is 1. The van der Waals surface area contributed by atoms with Crippen molar-refractivity contribution in [1.82, 2.24) is 5.32 Å². The van der Waals surface area contributed by atoms with Crippen molar-refractivity contribution in [2.75, 3.05) is 13.3 Å². The zero-order chi connectivity index (χ0) is 20.4. The van der Waals surface area contributed by atoms with Gasteiger partial charge in [0.1, 0.15) is 17.9 Å². The first kappa shape index (κ1) is 18.4. The highest BCUT2D eigenvalue weighted by atomic mass is 16.7. The molecule has 1 atom stereocenters. The van der Waals surface area contributed by atoms with E-state index in [1.165, 1.54) is 12.3 Å². The number of hydrogen-bond acceptors (Lipinski definition) is 7. The first-order chi connectivity index (χ1) is 14.1. The molecule has 0 saturated carbocycles. The van der Waals surface area contributed by atoms with Gasteiger partial charge in [0.15, 0.2) is 16.9 Å². The lowest BCUT2D eigenvalue weighted by atomic mass is 9.87. The number of aromatic hydroxyl groups is 1. The van der Waals surface area contributed by atoms with Gasteiger partial charge in [-0.15, -0.1) is 0 Å². The lowest BCUT2D eigenvalue weighted by Gasteiger charge is -2.18. The van der Waals surface area contributed by atoms with Gasteiger partial charge in [-0.1, -0.05) is 12.1 Å². The Bertz CT molecular complexity index is 1190. The van der Waals surface area contributed by atoms with Gasteiger partial charge in [0.25, 0.3) is 0 Å². The van der Waals surface area contributed by atoms with E-state index in [9.17, 15) is 14.7 Å². The van der Waals surface area contributed by atoms with E-state index >= 15 is 0 Å². The molecular weight excluding hydrogens is 376 g/mol. The number of hydrogen-bond donors (Lipinski definition) is 2. The van der Waals surface area contributed by atoms with Crippen LogP contribution in [0.25, 0.3) is 11.0 Å². The summed E-state index contributed by atoms with van der Waals surface area (Å²) >= 11 is 0. The molecule has 0 aliphatic carbocycles. The van der Waals surface area contributed by atoms with Crippen LogP contribution >= 0.6 is 0 Å². The Kier molecular flexibility index (Phi) is 4.79. The van der Waals surface area contributed by atoms with Crippen LogP contribution < -0.4 is 20.2 Å². The maximum atomic E-state index is 13.1. The van der Waals surface area contributed by atoms with E-state index in [2.05, 4.69) is 5.32 Å². The monoisotopic (exact) mass is 392 g/mol. The number of nitriles is 1. The van der Waals surface area contributed by atoms with Gasteiger partial charge in [0, 0.05) is 29.5 Å². The maximum Gasteiger partial charge on any atom is 0.231 e. The van der Waals surface area contributed by atoms with Crippen LogP contribution in [0.15, 0.2) is 51.9 Å². The third kappa shape index (κ3) is 3.46. The summed E-state index contributed by atoms with van der Waals surface area (Å²) in [7, 11) is 0. The van der Waals surface area contributed by atoms with Crippen molar-refractivity contribution in [2.45, 2.75) is 12.3 Å². The van der Waals surface area contributed by atoms with Crippen molar-refractivity contribution >= 4 is 16.9 Å². The number of amides is 1. The number of phenolic OH excluding ortho intramolecular Hbond substituents is 1. The number of nitrogens with zero attached hydrogens (tertiary/aromatic N) is 1. The molecule has 146 valence electrons. The molecule has 0 spiro atoms. The van der Waals surface area contributed by atoms with Crippen molar-refractivity contribution in [1.29, 1.82) is 5.26 Å². The molecule has 1 aliphatic rings. The largest absolute Gasteiger partial charge is 0.508 e. The van der Waals surface area contributed by atoms with Gasteiger partial charge < -0.3 is 24.3 Å². The van der Waals surface area contributed by atoms with Gasteiger partial charge in [-0.05, 0) is 18.2 Å². The average Bonchev–Trinajstić information content (AvgIpc) is 3.18. The maximum absolute atomic E-state index is 13.1. The Morgan fingerprint density at radius 2 is 1.97 bits per heavy atom. The molecule has 3 aromatic rings. The Morgan fingerprint density at radius 3 is 2.76 bits per heavy atom. The molecule has 29 heavy (non-hydrogen) atoms. The third-order valence-electron chi connectivity index (χ3n) is 4.73. The predicted octanol–water partition coefficient (Wildman–Crippen LogP) is 2.39. The highest BCUT2D eigenvalue weighted by Gasteiger charge is 2.28. The van der Waals surface area contributed by atoms with E-state index in [-0.39, 0.29) is 36.5 Å². The molecule has 1 aliphatic heterocycles. The van der Waals surface area contributed by atoms with Crippen LogP contribution in [0.4, 0.5) is 0 Å². The molecule has 0 fully saturated rings. The van der Waals surface area contributed by atoms with E-state index in [0.29, 0.717) is 28.0 Å². The second kappa shape index (κ2) is 7.56. The van der Waals surface area contributed by atoms with Crippen LogP contribution in [0.5, 0.6) is 17.2 Å². The fourth-order valence-electron chi connectivity index (χ4n) is 3.34. The first-order valence-electron chi connectivity index (χ1n) is 8.85. The van der Waals surface area contributed by atoms with Crippen LogP contribution in [-0.4, -0.2) is 24.4 Å². The highest BCUT2D eigenvalue weighted by Crippen LogP contribution is 2.42. The van der Waals surface area contributed by atoms with Crippen molar-refractivity contribution < 1.29 is 23.8 Å². The SMILES string of the molecule is N#CCNC(=O)C[C@H](c1cc2c(cc1O)OCO2)c1coc2ccccc2c1=O. The van der Waals surface area contributed by atoms with E-state index in [0.717, 1.165) is 0 Å². The second-order valence-electron chi connectivity index (χ2n) is 6.47. The number of benzene rings is 2. The van der Waals surface area contributed by atoms with Crippen LogP contribution in [0.2, 0.25) is 0 Å². The molecule has 0 radical (unpaired) electrons. The quantitative estimate of drug-likeness (QED) is 0.639. The molecule has 4 rings (SSSR count). The average molecular weight is 392 g/mol. The van der Waals surface area contributed by atoms with Gasteiger partial charge in [-0.2, -0.15) is 5.26 Å². The zero-order valence-corrected chi connectivity index (χ0v) is 15.2. The third-order valence-corrected chi connectivity index (χ3v) is 4.73. The Balaban J connectivity index is 1.84. The fraction of sp³-hybridized carbons (Fsp3) is 0.190. The minimum absolute atomic E-state index is 0.0175. The van der Waals surface area contributed by atoms with E-state index < -0.39 is 11.8 Å². The van der Waals surface area contributed by atoms with Crippen molar-refractivity contribution in [3.05, 3.63) is 64.0 Å². The molecule has 8 nitrogen and oxygen atoms in total. The Hall–Kier alpha value is -3.99. The minimum Gasteiger partial charge on any atom is -0.508 e. The predicted molar refractivity (Wildman–Crippen MR) is 102 cm³/mol. The minimum atomic E-state index is -0.816. The zero-order valence-electron chi connectivity index (χ0n) is 15.2. The Morgan fingerprint density at radius 1 is 1.21 bits per heavy atom. The van der Waals surface area contributed by atoms with Gasteiger partial charge in [0.05, 0.1) is 17.7 Å². The van der Waals surface area contributed by atoms with Crippen LogP contribution in [-0.2, 0) is 4.79 Å². The van der Waals surface area contributed by atoms with Gasteiger partial charge in [-0.25, -0.2) is 0 Å². The van der Waals surface area contributed by atoms with Crippen molar-refractivity contribution in [3.8, 4) is 23.3 Å². The molecule has 0 bridgehead atoms. The van der Waals surface area contributed by atoms with E-state index in [1.54, 1.807) is 30.3 Å². The van der Waals surface area contributed by atoms with Gasteiger partial charge in [0.2, 0.25) is 12.7 Å². The van der Waals surface area contributed by atoms with Gasteiger partial charge in [-0.3, -0.25) is 9.59 Å². The summed E-state index contributed by atoms with van der Waals surface area (Å²) in [5, 5.41) is 22.1. The van der Waals surface area contributed by atoms with Crippen LogP contribution in [0.1, 0.15) is 23.5 Å². The summed E-state index contributed by atoms with van der Waals surface area (Å²) in [6, 6.07) is 11.6. The van der Waals surface area contributed by atoms with Crippen molar-refractivity contribution in [2.24, 2.45) is 0 Å². The number of carbonyl (C=O) groups is 1. The number of nitrogens with one attached hydrogen (secondary N) is 1. The van der Waals surface area contributed by atoms with Crippen LogP contribution in [0.3, 0.4) is 0 Å². The summed E-state index contributed by atoms with van der Waals surface area (Å²) in [4.78, 5) is 25.4. The number of rotatable bonds is 5. The first-order valence-corrected chi connectivity index (χ1v) is 8.85. The normalized spacial score (nSPS) is 13.1. The fourth-order valence-corrected chi connectivity index (χ4v) is 3.34. The molecule has 2 heterocycles. The molecular formula is C21H16N2O6. The number of phenols is 1. The number of ether oxygens (including phenoxy) is 2. The van der Waals surface area contributed by atoms with Crippen LogP contribution in [0, 0.1) is 11.3 Å². The van der Waals surface area contributed by atoms with E-state index in [4.69, 9.17) is 19.2 Å². The summed E-state index contributed by atoms with van der Waals surface area (Å²) in [6.45, 7) is -0.144. The number of para-hydroxylation sites is 1. The molecule has 2 N–H and O–H groups in total. The summed E-state index contributed by atoms with van der Waals surface area (Å²) in [6.07, 6.45) is 1.13. The molecule has 1 aromatic heterocycles. The molecule has 1 amide bonds. The second-order valence-corrected chi connectivity index (χ2v) is 6.47. The van der Waals surface area contributed by atoms with E-state index in [1.807, 2.05) is 6.07 Å². The standard InChI is InChI=1S/C21H16N2O6/c22-5-6-23-20(25)8-13(14-7-18-19(9-16(14)24)29-11-28-18)15-10-27-17-4-2-1-3-12(17)21(15)26/h1-4,7,9-10,13,24H,6,8,11H2,(H,23,25)/t13-/m1/s1. The summed E-state index contributed by atoms with van der Waals surface area (Å²) < 4.78 is 16.2. The summed E-state index contributed by atoms with van der Waals surface area (Å²) in [5.41, 5.74) is 0.653. The lowest BCUT2D eigenvalue weighted by molar-refractivity contribution is -0.121. The highest BCUT2D eigenvalue weighted by molar-refractivity contribution is 5.80.